The Morgan fingerprint density at radius 1 is 1.57 bits per heavy atom. The predicted molar refractivity (Wildman–Crippen MR) is 62.2 cm³/mol. The van der Waals surface area contributed by atoms with Crippen LogP contribution in [0.3, 0.4) is 0 Å². The molecule has 0 aromatic heterocycles. The van der Waals surface area contributed by atoms with E-state index in [1.165, 1.54) is 0 Å². The zero-order chi connectivity index (χ0) is 10.6. The standard InChI is InChI=1S/C10H15BrN2O/c1-7(6-14)13-10-3-2-9(11)4-8(10)5-12/h2-4,7,13-14H,5-6,12H2,1H3. The molecule has 14 heavy (non-hydrogen) atoms. The van der Waals surface area contributed by atoms with Crippen molar-refractivity contribution in [3.63, 3.8) is 0 Å². The van der Waals surface area contributed by atoms with Crippen molar-refractivity contribution in [2.45, 2.75) is 19.5 Å². The van der Waals surface area contributed by atoms with Gasteiger partial charge in [0.1, 0.15) is 0 Å². The van der Waals surface area contributed by atoms with Gasteiger partial charge in [-0.25, -0.2) is 0 Å². The Morgan fingerprint density at radius 2 is 2.29 bits per heavy atom. The van der Waals surface area contributed by atoms with Gasteiger partial charge in [-0.15, -0.1) is 0 Å². The second-order valence-corrected chi connectivity index (χ2v) is 4.15. The molecule has 0 amide bonds. The highest BCUT2D eigenvalue weighted by atomic mass is 79.9. The number of hydrogen-bond acceptors (Lipinski definition) is 3. The number of anilines is 1. The van der Waals surface area contributed by atoms with Crippen molar-refractivity contribution in [3.05, 3.63) is 28.2 Å². The molecular weight excluding hydrogens is 244 g/mol. The second kappa shape index (κ2) is 5.34. The van der Waals surface area contributed by atoms with Crippen LogP contribution < -0.4 is 11.1 Å². The molecule has 0 saturated heterocycles. The van der Waals surface area contributed by atoms with E-state index in [2.05, 4.69) is 21.2 Å². The molecule has 78 valence electrons. The molecule has 3 nitrogen and oxygen atoms in total. The number of benzene rings is 1. The van der Waals surface area contributed by atoms with Gasteiger partial charge in [0.15, 0.2) is 0 Å². The van der Waals surface area contributed by atoms with E-state index in [0.717, 1.165) is 15.7 Å². The van der Waals surface area contributed by atoms with Gasteiger partial charge >= 0.3 is 0 Å². The van der Waals surface area contributed by atoms with Crippen LogP contribution in [0.2, 0.25) is 0 Å². The zero-order valence-corrected chi connectivity index (χ0v) is 9.71. The molecule has 4 heteroatoms. The summed E-state index contributed by atoms with van der Waals surface area (Å²) in [5.74, 6) is 0. The molecular formula is C10H15BrN2O. The lowest BCUT2D eigenvalue weighted by Gasteiger charge is -2.15. The molecule has 0 radical (unpaired) electrons. The van der Waals surface area contributed by atoms with Gasteiger partial charge in [-0.2, -0.15) is 0 Å². The lowest BCUT2D eigenvalue weighted by Crippen LogP contribution is -2.20. The van der Waals surface area contributed by atoms with Crippen molar-refractivity contribution in [2.75, 3.05) is 11.9 Å². The first-order valence-electron chi connectivity index (χ1n) is 4.53. The molecule has 1 rings (SSSR count). The number of aliphatic hydroxyl groups is 1. The number of hydrogen-bond donors (Lipinski definition) is 3. The zero-order valence-electron chi connectivity index (χ0n) is 8.13. The summed E-state index contributed by atoms with van der Waals surface area (Å²) in [7, 11) is 0. The van der Waals surface area contributed by atoms with E-state index in [1.54, 1.807) is 0 Å². The smallest absolute Gasteiger partial charge is 0.0630 e. The molecule has 1 aromatic rings. The van der Waals surface area contributed by atoms with Crippen LogP contribution in [-0.2, 0) is 6.54 Å². The monoisotopic (exact) mass is 258 g/mol. The van der Waals surface area contributed by atoms with Crippen LogP contribution in [0.1, 0.15) is 12.5 Å². The van der Waals surface area contributed by atoms with E-state index in [-0.39, 0.29) is 12.6 Å². The number of nitrogens with one attached hydrogen (secondary N) is 1. The third-order valence-corrected chi connectivity index (χ3v) is 2.46. The molecule has 1 unspecified atom stereocenters. The average Bonchev–Trinajstić information content (AvgIpc) is 2.20. The number of aliphatic hydroxyl groups excluding tert-OH is 1. The van der Waals surface area contributed by atoms with E-state index in [0.29, 0.717) is 6.54 Å². The SMILES string of the molecule is CC(CO)Nc1ccc(Br)cc1CN. The molecule has 0 fully saturated rings. The third kappa shape index (κ3) is 2.97. The van der Waals surface area contributed by atoms with Crippen LogP contribution in [0.4, 0.5) is 5.69 Å². The lowest BCUT2D eigenvalue weighted by molar-refractivity contribution is 0.281. The summed E-state index contributed by atoms with van der Waals surface area (Å²) in [5.41, 5.74) is 7.64. The Bertz CT molecular complexity index is 304. The van der Waals surface area contributed by atoms with Gasteiger partial charge in [0.05, 0.1) is 6.61 Å². The summed E-state index contributed by atoms with van der Waals surface area (Å²) >= 11 is 3.39. The van der Waals surface area contributed by atoms with E-state index < -0.39 is 0 Å². The van der Waals surface area contributed by atoms with Gasteiger partial charge in [0, 0.05) is 22.7 Å². The van der Waals surface area contributed by atoms with Crippen LogP contribution >= 0.6 is 15.9 Å². The fraction of sp³-hybridized carbons (Fsp3) is 0.400. The van der Waals surface area contributed by atoms with Crippen molar-refractivity contribution in [3.8, 4) is 0 Å². The Labute approximate surface area is 92.4 Å². The number of nitrogens with two attached hydrogens (primary N) is 1. The molecule has 0 aliphatic heterocycles. The first-order chi connectivity index (χ1) is 6.67. The maximum absolute atomic E-state index is 8.91. The van der Waals surface area contributed by atoms with Crippen molar-refractivity contribution >= 4 is 21.6 Å². The molecule has 4 N–H and O–H groups in total. The maximum atomic E-state index is 8.91. The van der Waals surface area contributed by atoms with Crippen molar-refractivity contribution in [1.82, 2.24) is 0 Å². The molecule has 0 bridgehead atoms. The van der Waals surface area contributed by atoms with E-state index in [9.17, 15) is 0 Å². The Morgan fingerprint density at radius 3 is 2.86 bits per heavy atom. The van der Waals surface area contributed by atoms with Gasteiger partial charge in [-0.1, -0.05) is 15.9 Å². The summed E-state index contributed by atoms with van der Waals surface area (Å²) in [5, 5.41) is 12.1. The van der Waals surface area contributed by atoms with Crippen LogP contribution in [0.15, 0.2) is 22.7 Å². The van der Waals surface area contributed by atoms with Crippen molar-refractivity contribution < 1.29 is 5.11 Å². The van der Waals surface area contributed by atoms with Gasteiger partial charge in [-0.3, -0.25) is 0 Å². The Balaban J connectivity index is 2.85. The maximum Gasteiger partial charge on any atom is 0.0630 e. The Hall–Kier alpha value is -0.580. The second-order valence-electron chi connectivity index (χ2n) is 3.23. The number of rotatable bonds is 4. The van der Waals surface area contributed by atoms with Crippen LogP contribution in [-0.4, -0.2) is 17.8 Å². The van der Waals surface area contributed by atoms with Gasteiger partial charge in [-0.05, 0) is 30.7 Å². The summed E-state index contributed by atoms with van der Waals surface area (Å²) in [6, 6.07) is 5.93. The van der Waals surface area contributed by atoms with Crippen LogP contribution in [0, 0.1) is 0 Å². The van der Waals surface area contributed by atoms with Gasteiger partial charge in [0.2, 0.25) is 0 Å². The predicted octanol–water partition coefficient (Wildman–Crippen LogP) is 1.70. The number of halogens is 1. The van der Waals surface area contributed by atoms with Crippen molar-refractivity contribution in [2.24, 2.45) is 5.73 Å². The van der Waals surface area contributed by atoms with Crippen molar-refractivity contribution in [1.29, 1.82) is 0 Å². The average molecular weight is 259 g/mol. The summed E-state index contributed by atoms with van der Waals surface area (Å²) in [4.78, 5) is 0. The summed E-state index contributed by atoms with van der Waals surface area (Å²) in [6.45, 7) is 2.52. The molecule has 0 aliphatic rings. The first-order valence-corrected chi connectivity index (χ1v) is 5.32. The minimum Gasteiger partial charge on any atom is -0.394 e. The normalized spacial score (nSPS) is 12.6. The fourth-order valence-corrected chi connectivity index (χ4v) is 1.59. The van der Waals surface area contributed by atoms with Gasteiger partial charge < -0.3 is 16.2 Å². The molecule has 0 spiro atoms. The largest absolute Gasteiger partial charge is 0.394 e. The highest BCUT2D eigenvalue weighted by molar-refractivity contribution is 9.10. The molecule has 0 heterocycles. The Kier molecular flexibility index (Phi) is 4.38. The van der Waals surface area contributed by atoms with Gasteiger partial charge in [0.25, 0.3) is 0 Å². The molecule has 0 aliphatic carbocycles. The van der Waals surface area contributed by atoms with Crippen LogP contribution in [0.5, 0.6) is 0 Å². The summed E-state index contributed by atoms with van der Waals surface area (Å²) < 4.78 is 1.01. The fourth-order valence-electron chi connectivity index (χ4n) is 1.18. The highest BCUT2D eigenvalue weighted by Crippen LogP contribution is 2.21. The molecule has 0 saturated carbocycles. The van der Waals surface area contributed by atoms with E-state index in [4.69, 9.17) is 10.8 Å². The summed E-state index contributed by atoms with van der Waals surface area (Å²) in [6.07, 6.45) is 0. The lowest BCUT2D eigenvalue weighted by atomic mass is 10.1. The first kappa shape index (κ1) is 11.5. The van der Waals surface area contributed by atoms with E-state index in [1.807, 2.05) is 25.1 Å². The minimum absolute atomic E-state index is 0.0430. The third-order valence-electron chi connectivity index (χ3n) is 1.96. The van der Waals surface area contributed by atoms with Crippen LogP contribution in [0.25, 0.3) is 0 Å². The molecule has 1 aromatic carbocycles. The topological polar surface area (TPSA) is 58.3 Å². The molecule has 1 atom stereocenters. The van der Waals surface area contributed by atoms with E-state index >= 15 is 0 Å². The quantitative estimate of drug-likeness (QED) is 0.771. The highest BCUT2D eigenvalue weighted by Gasteiger charge is 2.04. The minimum atomic E-state index is 0.0430.